The van der Waals surface area contributed by atoms with Crippen molar-refractivity contribution in [3.05, 3.63) is 53.1 Å². The van der Waals surface area contributed by atoms with Crippen LogP contribution in [-0.4, -0.2) is 14.4 Å². The molecule has 2 rings (SSSR count). The predicted molar refractivity (Wildman–Crippen MR) is 69.0 cm³/mol. The van der Waals surface area contributed by atoms with Gasteiger partial charge < -0.3 is 4.74 Å². The Balaban J connectivity index is 2.45. The molecule has 0 unspecified atom stereocenters. The summed E-state index contributed by atoms with van der Waals surface area (Å²) in [6.45, 7) is 1.44. The van der Waals surface area contributed by atoms with Crippen LogP contribution in [0.5, 0.6) is 5.75 Å². The Morgan fingerprint density at radius 3 is 2.20 bits per heavy atom. The summed E-state index contributed by atoms with van der Waals surface area (Å²) in [5, 5.41) is 0. The van der Waals surface area contributed by atoms with E-state index in [0.29, 0.717) is 6.07 Å². The van der Waals surface area contributed by atoms with Gasteiger partial charge in [-0.25, -0.2) is 17.6 Å². The van der Waals surface area contributed by atoms with Gasteiger partial charge in [0.2, 0.25) is 0 Å². The van der Waals surface area contributed by atoms with Crippen molar-refractivity contribution < 1.29 is 22.3 Å². The van der Waals surface area contributed by atoms with Crippen LogP contribution in [0.25, 0.3) is 0 Å². The van der Waals surface area contributed by atoms with Gasteiger partial charge in [-0.2, -0.15) is 0 Å². The van der Waals surface area contributed by atoms with Crippen LogP contribution in [0.15, 0.2) is 24.3 Å². The normalized spacial score (nSPS) is 10.5. The van der Waals surface area contributed by atoms with Crippen LogP contribution in [0.4, 0.5) is 17.6 Å². The average molecular weight is 281 g/mol. The third kappa shape index (κ3) is 2.79. The fraction of sp³-hybridized carbons (Fsp3) is 0.143. The highest BCUT2D eigenvalue weighted by Crippen LogP contribution is 2.15. The second kappa shape index (κ2) is 5.57. The smallest absolute Gasteiger partial charge is 0.196 e. The monoisotopic (exact) mass is 281 g/mol. The molecule has 2 aromatic carbocycles. The number of rotatable bonds is 3. The molecular formula is C14H10BF4O. The molecule has 0 atom stereocenters. The molecule has 0 amide bonds. The van der Waals surface area contributed by atoms with Crippen molar-refractivity contribution in [3.8, 4) is 5.75 Å². The van der Waals surface area contributed by atoms with Crippen molar-refractivity contribution in [2.24, 2.45) is 0 Å². The van der Waals surface area contributed by atoms with Crippen LogP contribution in [0, 0.1) is 30.2 Å². The lowest BCUT2D eigenvalue weighted by molar-refractivity contribution is 0.385. The summed E-state index contributed by atoms with van der Waals surface area (Å²) < 4.78 is 58.3. The molecule has 1 radical (unpaired) electrons. The zero-order chi connectivity index (χ0) is 14.9. The fourth-order valence-corrected chi connectivity index (χ4v) is 1.80. The molecule has 0 bridgehead atoms. The Bertz CT molecular complexity index is 658. The minimum absolute atomic E-state index is 0.0173. The first-order chi connectivity index (χ1) is 9.42. The van der Waals surface area contributed by atoms with Crippen LogP contribution in [0.2, 0.25) is 0 Å². The van der Waals surface area contributed by atoms with Crippen molar-refractivity contribution in [2.75, 3.05) is 7.11 Å². The summed E-state index contributed by atoms with van der Waals surface area (Å²) in [4.78, 5) is 0. The first-order valence-electron chi connectivity index (χ1n) is 5.76. The van der Waals surface area contributed by atoms with Gasteiger partial charge in [0.05, 0.1) is 7.11 Å². The highest BCUT2D eigenvalue weighted by molar-refractivity contribution is 6.67. The number of hydrogen-bond acceptors (Lipinski definition) is 1. The summed E-state index contributed by atoms with van der Waals surface area (Å²) in [6, 6.07) is 3.62. The van der Waals surface area contributed by atoms with E-state index >= 15 is 0 Å². The van der Waals surface area contributed by atoms with Crippen molar-refractivity contribution in [3.63, 3.8) is 0 Å². The van der Waals surface area contributed by atoms with E-state index < -0.39 is 23.3 Å². The third-order valence-electron chi connectivity index (χ3n) is 2.93. The first-order valence-corrected chi connectivity index (χ1v) is 5.76. The summed E-state index contributed by atoms with van der Waals surface area (Å²) in [5.74, 6) is -3.33. The van der Waals surface area contributed by atoms with Crippen LogP contribution in [0.1, 0.15) is 5.56 Å². The maximum atomic E-state index is 13.7. The summed E-state index contributed by atoms with van der Waals surface area (Å²) in [6.07, 6.45) is 0. The van der Waals surface area contributed by atoms with Gasteiger partial charge in [-0.1, -0.05) is 5.46 Å². The molecular weight excluding hydrogens is 271 g/mol. The minimum atomic E-state index is -0.843. The first kappa shape index (κ1) is 14.4. The molecule has 2 aromatic rings. The average Bonchev–Trinajstić information content (AvgIpc) is 2.38. The van der Waals surface area contributed by atoms with Gasteiger partial charge >= 0.3 is 0 Å². The van der Waals surface area contributed by atoms with Crippen LogP contribution in [0.3, 0.4) is 0 Å². The topological polar surface area (TPSA) is 9.23 Å². The van der Waals surface area contributed by atoms with E-state index in [1.807, 2.05) is 0 Å². The largest absolute Gasteiger partial charge is 0.494 e. The number of benzene rings is 2. The Hall–Kier alpha value is -1.98. The van der Waals surface area contributed by atoms with Crippen LogP contribution in [-0.2, 0) is 0 Å². The third-order valence-corrected chi connectivity index (χ3v) is 2.93. The molecule has 0 aliphatic heterocycles. The molecule has 6 heteroatoms. The zero-order valence-electron chi connectivity index (χ0n) is 10.8. The Labute approximate surface area is 114 Å². The fourth-order valence-electron chi connectivity index (χ4n) is 1.80. The number of methoxy groups -OCH3 is 1. The Morgan fingerprint density at radius 1 is 0.850 bits per heavy atom. The van der Waals surface area contributed by atoms with Crippen molar-refractivity contribution >= 4 is 18.2 Å². The minimum Gasteiger partial charge on any atom is -0.494 e. The van der Waals surface area contributed by atoms with E-state index in [0.717, 1.165) is 18.2 Å². The van der Waals surface area contributed by atoms with Crippen molar-refractivity contribution in [2.45, 2.75) is 6.92 Å². The molecule has 103 valence electrons. The van der Waals surface area contributed by atoms with Crippen LogP contribution >= 0.6 is 0 Å². The van der Waals surface area contributed by atoms with Gasteiger partial charge in [0.1, 0.15) is 17.5 Å². The molecule has 0 saturated heterocycles. The Morgan fingerprint density at radius 2 is 1.55 bits per heavy atom. The molecule has 0 aliphatic carbocycles. The SMILES string of the molecule is COc1cc([B]c2cc(F)cc(F)c2C)c(F)cc1F. The molecule has 20 heavy (non-hydrogen) atoms. The lowest BCUT2D eigenvalue weighted by Crippen LogP contribution is -2.32. The quantitative estimate of drug-likeness (QED) is 0.619. The van der Waals surface area contributed by atoms with E-state index in [4.69, 9.17) is 4.74 Å². The van der Waals surface area contributed by atoms with Gasteiger partial charge in [0.25, 0.3) is 0 Å². The molecule has 0 aromatic heterocycles. The maximum Gasteiger partial charge on any atom is 0.196 e. The molecule has 0 aliphatic rings. The molecule has 0 saturated carbocycles. The molecule has 0 N–H and O–H groups in total. The van der Waals surface area contributed by atoms with E-state index in [9.17, 15) is 17.6 Å². The number of ether oxygens (including phenoxy) is 1. The second-order valence-corrected chi connectivity index (χ2v) is 4.25. The van der Waals surface area contributed by atoms with Crippen molar-refractivity contribution in [1.82, 2.24) is 0 Å². The maximum absolute atomic E-state index is 13.7. The summed E-state index contributed by atoms with van der Waals surface area (Å²) >= 11 is 0. The van der Waals surface area contributed by atoms with E-state index in [2.05, 4.69) is 0 Å². The van der Waals surface area contributed by atoms with Gasteiger partial charge in [0.15, 0.2) is 18.8 Å². The van der Waals surface area contributed by atoms with Gasteiger partial charge in [0, 0.05) is 12.1 Å². The molecule has 1 nitrogen and oxygen atoms in total. The van der Waals surface area contributed by atoms with E-state index in [1.165, 1.54) is 21.3 Å². The highest BCUT2D eigenvalue weighted by Gasteiger charge is 2.15. The molecule has 0 fully saturated rings. The number of halogens is 4. The highest BCUT2D eigenvalue weighted by atomic mass is 19.1. The van der Waals surface area contributed by atoms with Crippen LogP contribution < -0.4 is 15.7 Å². The zero-order valence-corrected chi connectivity index (χ0v) is 10.8. The van der Waals surface area contributed by atoms with Gasteiger partial charge in [-0.3, -0.25) is 0 Å². The molecule has 0 spiro atoms. The lowest BCUT2D eigenvalue weighted by Gasteiger charge is -2.09. The summed E-state index contributed by atoms with van der Waals surface area (Å²) in [7, 11) is 2.48. The standard InChI is InChI=1S/C14H10BF4O/c1-7-9(3-8(16)4-11(7)17)15-10-5-14(20-2)13(19)6-12(10)18/h3-6H,1-2H3. The second-order valence-electron chi connectivity index (χ2n) is 4.25. The van der Waals surface area contributed by atoms with Crippen molar-refractivity contribution in [1.29, 1.82) is 0 Å². The van der Waals surface area contributed by atoms with E-state index in [-0.39, 0.29) is 22.2 Å². The lowest BCUT2D eigenvalue weighted by atomic mass is 9.62. The molecule has 0 heterocycles. The Kier molecular flexibility index (Phi) is 4.02. The van der Waals surface area contributed by atoms with E-state index in [1.54, 1.807) is 0 Å². The van der Waals surface area contributed by atoms with Gasteiger partial charge in [-0.15, -0.1) is 0 Å². The van der Waals surface area contributed by atoms with Gasteiger partial charge in [-0.05, 0) is 30.1 Å². The predicted octanol–water partition coefficient (Wildman–Crippen LogP) is 2.22. The summed E-state index contributed by atoms with van der Waals surface area (Å²) in [5.41, 5.74) is 0.334. The number of hydrogen-bond donors (Lipinski definition) is 0.